The number of aliphatic hydroxyl groups is 1. The van der Waals surface area contributed by atoms with Gasteiger partial charge in [0.25, 0.3) is 5.91 Å². The number of aliphatic hydroxyl groups excluding tert-OH is 1. The van der Waals surface area contributed by atoms with E-state index >= 15 is 0 Å². The van der Waals surface area contributed by atoms with Crippen LogP contribution in [0.4, 0.5) is 13.2 Å². The van der Waals surface area contributed by atoms with Crippen molar-refractivity contribution >= 4 is 11.8 Å². The molecule has 2 fully saturated rings. The highest BCUT2D eigenvalue weighted by Crippen LogP contribution is 2.38. The highest BCUT2D eigenvalue weighted by molar-refractivity contribution is 5.95. The van der Waals surface area contributed by atoms with E-state index in [4.69, 9.17) is 0 Å². The largest absolute Gasteiger partial charge is 0.434 e. The Hall–Kier alpha value is -2.16. The Morgan fingerprint density at radius 3 is 2.54 bits per heavy atom. The molecule has 142 valence electrons. The predicted octanol–water partition coefficient (Wildman–Crippen LogP) is 1.45. The molecule has 1 saturated heterocycles. The van der Waals surface area contributed by atoms with Crippen LogP contribution in [0.2, 0.25) is 0 Å². The van der Waals surface area contributed by atoms with Crippen molar-refractivity contribution in [3.63, 3.8) is 0 Å². The SMILES string of the molecule is CC(=O)N[C@@H]1C[C@@H]2CN(C(=O)c3cccnc3C(F)(F)F)C[C@@H]2C[C@H]1O. The van der Waals surface area contributed by atoms with E-state index in [0.717, 1.165) is 12.3 Å². The Morgan fingerprint density at radius 1 is 1.27 bits per heavy atom. The molecule has 4 atom stereocenters. The zero-order chi connectivity index (χ0) is 19.1. The number of carbonyl (C=O) groups is 2. The van der Waals surface area contributed by atoms with E-state index in [9.17, 15) is 27.9 Å². The van der Waals surface area contributed by atoms with Crippen LogP contribution in [0.15, 0.2) is 18.3 Å². The van der Waals surface area contributed by atoms with Gasteiger partial charge in [0.1, 0.15) is 0 Å². The monoisotopic (exact) mass is 371 g/mol. The molecule has 0 bridgehead atoms. The summed E-state index contributed by atoms with van der Waals surface area (Å²) in [6.45, 7) is 1.96. The number of halogens is 3. The lowest BCUT2D eigenvalue weighted by Crippen LogP contribution is -2.48. The van der Waals surface area contributed by atoms with Crippen LogP contribution in [0.3, 0.4) is 0 Å². The molecule has 2 aliphatic rings. The molecule has 26 heavy (non-hydrogen) atoms. The van der Waals surface area contributed by atoms with Gasteiger partial charge in [0.05, 0.1) is 17.7 Å². The third-order valence-electron chi connectivity index (χ3n) is 5.12. The fourth-order valence-corrected chi connectivity index (χ4v) is 3.99. The van der Waals surface area contributed by atoms with Crippen molar-refractivity contribution in [3.8, 4) is 0 Å². The summed E-state index contributed by atoms with van der Waals surface area (Å²) in [5, 5.41) is 12.9. The summed E-state index contributed by atoms with van der Waals surface area (Å²) >= 11 is 0. The van der Waals surface area contributed by atoms with E-state index < -0.39 is 35.5 Å². The highest BCUT2D eigenvalue weighted by Gasteiger charge is 2.45. The van der Waals surface area contributed by atoms with E-state index in [0.29, 0.717) is 25.9 Å². The lowest BCUT2D eigenvalue weighted by molar-refractivity contribution is -0.141. The number of alkyl halides is 3. The first-order valence-corrected chi connectivity index (χ1v) is 8.43. The second-order valence-corrected chi connectivity index (χ2v) is 6.97. The van der Waals surface area contributed by atoms with Crippen molar-refractivity contribution in [2.45, 2.75) is 38.1 Å². The maximum absolute atomic E-state index is 13.1. The molecule has 1 saturated carbocycles. The van der Waals surface area contributed by atoms with Crippen LogP contribution >= 0.6 is 0 Å². The van der Waals surface area contributed by atoms with E-state index in [-0.39, 0.29) is 17.7 Å². The molecule has 9 heteroatoms. The normalized spacial score (nSPS) is 28.6. The number of carbonyl (C=O) groups excluding carboxylic acids is 2. The molecule has 2 N–H and O–H groups in total. The van der Waals surface area contributed by atoms with Gasteiger partial charge in [-0.25, -0.2) is 0 Å². The van der Waals surface area contributed by atoms with Gasteiger partial charge >= 0.3 is 6.18 Å². The Balaban J connectivity index is 1.75. The van der Waals surface area contributed by atoms with Gasteiger partial charge in [-0.05, 0) is 36.8 Å². The van der Waals surface area contributed by atoms with E-state index in [1.54, 1.807) is 0 Å². The number of fused-ring (bicyclic) bond motifs is 1. The summed E-state index contributed by atoms with van der Waals surface area (Å²) in [5.74, 6) is -0.913. The fraction of sp³-hybridized carbons (Fsp3) is 0.588. The molecule has 0 radical (unpaired) electrons. The predicted molar refractivity (Wildman–Crippen MR) is 85.0 cm³/mol. The highest BCUT2D eigenvalue weighted by atomic mass is 19.4. The molecule has 0 unspecified atom stereocenters. The Morgan fingerprint density at radius 2 is 1.92 bits per heavy atom. The average Bonchev–Trinajstić information content (AvgIpc) is 2.96. The zero-order valence-electron chi connectivity index (χ0n) is 14.2. The molecule has 2 heterocycles. The van der Waals surface area contributed by atoms with Gasteiger partial charge in [0, 0.05) is 26.2 Å². The number of pyridine rings is 1. The maximum Gasteiger partial charge on any atom is 0.434 e. The number of nitrogens with one attached hydrogen (secondary N) is 1. The summed E-state index contributed by atoms with van der Waals surface area (Å²) < 4.78 is 39.3. The van der Waals surface area contributed by atoms with Crippen molar-refractivity contribution in [2.75, 3.05) is 13.1 Å². The first-order valence-electron chi connectivity index (χ1n) is 8.43. The summed E-state index contributed by atoms with van der Waals surface area (Å²) in [5.41, 5.74) is -1.64. The number of hydrogen-bond donors (Lipinski definition) is 2. The molecule has 6 nitrogen and oxygen atoms in total. The zero-order valence-corrected chi connectivity index (χ0v) is 14.2. The lowest BCUT2D eigenvalue weighted by Gasteiger charge is -2.35. The van der Waals surface area contributed by atoms with Crippen LogP contribution in [0, 0.1) is 11.8 Å². The average molecular weight is 371 g/mol. The van der Waals surface area contributed by atoms with Crippen LogP contribution in [-0.2, 0) is 11.0 Å². The van der Waals surface area contributed by atoms with Gasteiger partial charge in [-0.15, -0.1) is 0 Å². The third-order valence-corrected chi connectivity index (χ3v) is 5.12. The number of rotatable bonds is 2. The number of nitrogens with zero attached hydrogens (tertiary/aromatic N) is 2. The molecule has 0 aromatic carbocycles. The second-order valence-electron chi connectivity index (χ2n) is 6.97. The number of aromatic nitrogens is 1. The summed E-state index contributed by atoms with van der Waals surface area (Å²) in [7, 11) is 0. The third kappa shape index (κ3) is 3.67. The van der Waals surface area contributed by atoms with Crippen molar-refractivity contribution in [3.05, 3.63) is 29.6 Å². The van der Waals surface area contributed by atoms with Gasteiger partial charge in [-0.2, -0.15) is 13.2 Å². The first kappa shape index (κ1) is 18.6. The van der Waals surface area contributed by atoms with Gasteiger partial charge in [-0.3, -0.25) is 14.6 Å². The van der Waals surface area contributed by atoms with Crippen LogP contribution in [-0.4, -0.2) is 52.0 Å². The van der Waals surface area contributed by atoms with Crippen molar-refractivity contribution in [2.24, 2.45) is 11.8 Å². The van der Waals surface area contributed by atoms with Gasteiger partial charge in [-0.1, -0.05) is 0 Å². The second kappa shape index (κ2) is 6.86. The molecule has 1 aromatic rings. The lowest BCUT2D eigenvalue weighted by atomic mass is 9.77. The maximum atomic E-state index is 13.1. The molecule has 2 amide bonds. The fourth-order valence-electron chi connectivity index (χ4n) is 3.99. The minimum Gasteiger partial charge on any atom is -0.391 e. The van der Waals surface area contributed by atoms with E-state index in [2.05, 4.69) is 10.3 Å². The van der Waals surface area contributed by atoms with E-state index in [1.165, 1.54) is 17.9 Å². The van der Waals surface area contributed by atoms with Crippen molar-refractivity contribution in [1.29, 1.82) is 0 Å². The summed E-state index contributed by atoms with van der Waals surface area (Å²) in [4.78, 5) is 28.6. The van der Waals surface area contributed by atoms with E-state index in [1.807, 2.05) is 0 Å². The molecular weight excluding hydrogens is 351 g/mol. The smallest absolute Gasteiger partial charge is 0.391 e. The standard InChI is InChI=1S/C17H20F3N3O3/c1-9(24)22-13-5-10-7-23(8-11(10)6-14(13)25)16(26)12-3-2-4-21-15(12)17(18,19)20/h2-4,10-11,13-14,25H,5-8H2,1H3,(H,22,24)/t10-,11+,13-,14-/m1/s1. The summed E-state index contributed by atoms with van der Waals surface area (Å²) in [6.07, 6.45) is -3.52. The molecule has 1 aliphatic heterocycles. The Labute approximate surface area is 148 Å². The van der Waals surface area contributed by atoms with Gasteiger partial charge in [0.2, 0.25) is 5.91 Å². The Kier molecular flexibility index (Phi) is 4.92. The van der Waals surface area contributed by atoms with Gasteiger partial charge < -0.3 is 15.3 Å². The Bertz CT molecular complexity index is 710. The molecular formula is C17H20F3N3O3. The van der Waals surface area contributed by atoms with Gasteiger partial charge in [0.15, 0.2) is 5.69 Å². The quantitative estimate of drug-likeness (QED) is 0.824. The molecule has 3 rings (SSSR count). The number of amides is 2. The van der Waals surface area contributed by atoms with Crippen molar-refractivity contribution in [1.82, 2.24) is 15.2 Å². The minimum atomic E-state index is -4.70. The first-order chi connectivity index (χ1) is 12.2. The number of hydrogen-bond acceptors (Lipinski definition) is 4. The molecule has 1 aliphatic carbocycles. The topological polar surface area (TPSA) is 82.5 Å². The van der Waals surface area contributed by atoms with Crippen LogP contribution in [0.5, 0.6) is 0 Å². The summed E-state index contributed by atoms with van der Waals surface area (Å²) in [6, 6.07) is 2.05. The van der Waals surface area contributed by atoms with Crippen LogP contribution in [0.1, 0.15) is 35.8 Å². The van der Waals surface area contributed by atoms with Crippen LogP contribution < -0.4 is 5.32 Å². The van der Waals surface area contributed by atoms with Crippen LogP contribution in [0.25, 0.3) is 0 Å². The minimum absolute atomic E-state index is 0.00460. The van der Waals surface area contributed by atoms with Crippen molar-refractivity contribution < 1.29 is 27.9 Å². The number of likely N-dealkylation sites (tertiary alicyclic amines) is 1. The molecule has 0 spiro atoms. The molecule has 1 aromatic heterocycles.